The zero-order valence-corrected chi connectivity index (χ0v) is 9.93. The van der Waals surface area contributed by atoms with Crippen LogP contribution in [0.15, 0.2) is 24.3 Å². The first-order valence-electron chi connectivity index (χ1n) is 6.16. The number of nitrogens with zero attached hydrogens (tertiary/aromatic N) is 2. The Bertz CT molecular complexity index is 534. The molecule has 3 rings (SSSR count). The summed E-state index contributed by atoms with van der Waals surface area (Å²) >= 11 is 0. The van der Waals surface area contributed by atoms with Crippen LogP contribution in [-0.4, -0.2) is 33.9 Å². The number of imidazole rings is 1. The summed E-state index contributed by atoms with van der Waals surface area (Å²) in [5.74, 6) is 1.05. The van der Waals surface area contributed by atoms with Crippen molar-refractivity contribution in [3.05, 3.63) is 30.1 Å². The zero-order valence-electron chi connectivity index (χ0n) is 9.93. The van der Waals surface area contributed by atoms with Gasteiger partial charge in [-0.2, -0.15) is 0 Å². The minimum absolute atomic E-state index is 0.109. The van der Waals surface area contributed by atoms with Crippen LogP contribution >= 0.6 is 0 Å². The fourth-order valence-corrected chi connectivity index (χ4v) is 2.63. The van der Waals surface area contributed by atoms with E-state index >= 15 is 0 Å². The molecule has 0 saturated carbocycles. The predicted molar refractivity (Wildman–Crippen MR) is 67.0 cm³/mol. The van der Waals surface area contributed by atoms with Gasteiger partial charge in [-0.05, 0) is 12.1 Å². The lowest BCUT2D eigenvalue weighted by molar-refractivity contribution is 0.151. The van der Waals surface area contributed by atoms with E-state index in [0.29, 0.717) is 6.54 Å². The third-order valence-corrected chi connectivity index (χ3v) is 3.47. The first-order chi connectivity index (χ1) is 8.31. The number of β-amino-alcohol motifs (C(OH)–C–C–N with tert-alkyl or cyclic N) is 1. The van der Waals surface area contributed by atoms with Gasteiger partial charge < -0.3 is 15.0 Å². The number of rotatable bonds is 2. The Morgan fingerprint density at radius 2 is 2.24 bits per heavy atom. The zero-order chi connectivity index (χ0) is 11.8. The van der Waals surface area contributed by atoms with Crippen LogP contribution in [0.25, 0.3) is 11.0 Å². The molecule has 4 nitrogen and oxygen atoms in total. The lowest BCUT2D eigenvalue weighted by Gasteiger charge is -2.18. The van der Waals surface area contributed by atoms with Crippen LogP contribution in [0.3, 0.4) is 0 Å². The first kappa shape index (κ1) is 10.7. The summed E-state index contributed by atoms with van der Waals surface area (Å²) in [6.07, 6.45) is 0.565. The third kappa shape index (κ3) is 1.64. The Hall–Kier alpha value is -1.39. The van der Waals surface area contributed by atoms with E-state index in [1.165, 1.54) is 0 Å². The molecular formula is C13H17N3O. The minimum Gasteiger partial charge on any atom is -0.390 e. The van der Waals surface area contributed by atoms with Crippen molar-refractivity contribution in [2.24, 2.45) is 0 Å². The highest BCUT2D eigenvalue weighted by Crippen LogP contribution is 2.25. The van der Waals surface area contributed by atoms with E-state index in [0.717, 1.165) is 29.8 Å². The highest BCUT2D eigenvalue weighted by Gasteiger charge is 2.29. The largest absolute Gasteiger partial charge is 0.390 e. The van der Waals surface area contributed by atoms with E-state index in [-0.39, 0.29) is 12.1 Å². The fourth-order valence-electron chi connectivity index (χ4n) is 2.63. The van der Waals surface area contributed by atoms with E-state index < -0.39 is 0 Å². The number of aliphatic hydroxyl groups is 1. The molecule has 0 spiro atoms. The lowest BCUT2D eigenvalue weighted by atomic mass is 10.2. The molecule has 2 aromatic rings. The summed E-state index contributed by atoms with van der Waals surface area (Å²) in [5.41, 5.74) is 2.14. The Morgan fingerprint density at radius 3 is 2.94 bits per heavy atom. The van der Waals surface area contributed by atoms with Crippen molar-refractivity contribution in [1.82, 2.24) is 14.9 Å². The van der Waals surface area contributed by atoms with Gasteiger partial charge in [0.05, 0.1) is 23.2 Å². The number of fused-ring (bicyclic) bond motifs is 1. The van der Waals surface area contributed by atoms with E-state index in [2.05, 4.69) is 27.9 Å². The molecule has 4 heteroatoms. The van der Waals surface area contributed by atoms with Gasteiger partial charge in [-0.3, -0.25) is 0 Å². The highest BCUT2D eigenvalue weighted by atomic mass is 16.3. The van der Waals surface area contributed by atoms with Crippen LogP contribution < -0.4 is 5.32 Å². The van der Waals surface area contributed by atoms with Gasteiger partial charge in [0, 0.05) is 19.5 Å². The number of hydrogen-bond acceptors (Lipinski definition) is 3. The maximum Gasteiger partial charge on any atom is 0.109 e. The van der Waals surface area contributed by atoms with Crippen molar-refractivity contribution < 1.29 is 5.11 Å². The maximum absolute atomic E-state index is 10.0. The van der Waals surface area contributed by atoms with Crippen LogP contribution in [0, 0.1) is 0 Å². The maximum atomic E-state index is 10.0. The number of hydrogen-bond donors (Lipinski definition) is 2. The van der Waals surface area contributed by atoms with E-state index in [9.17, 15) is 5.11 Å². The number of aromatic nitrogens is 2. The van der Waals surface area contributed by atoms with Crippen molar-refractivity contribution in [3.8, 4) is 0 Å². The van der Waals surface area contributed by atoms with Crippen LogP contribution in [0.2, 0.25) is 0 Å². The Balaban J connectivity index is 2.18. The van der Waals surface area contributed by atoms with Crippen LogP contribution in [0.5, 0.6) is 0 Å². The lowest BCUT2D eigenvalue weighted by Crippen LogP contribution is -2.23. The summed E-state index contributed by atoms with van der Waals surface area (Å²) in [7, 11) is 0. The number of aryl methyl sites for hydroxylation is 1. The molecule has 2 atom stereocenters. The molecule has 0 amide bonds. The molecule has 1 saturated heterocycles. The first-order valence-corrected chi connectivity index (χ1v) is 6.16. The van der Waals surface area contributed by atoms with Gasteiger partial charge in [0.15, 0.2) is 0 Å². The molecular weight excluding hydrogens is 214 g/mol. The molecule has 0 aliphatic carbocycles. The Kier molecular flexibility index (Phi) is 2.61. The number of para-hydroxylation sites is 2. The minimum atomic E-state index is -0.321. The van der Waals surface area contributed by atoms with Crippen molar-refractivity contribution in [1.29, 1.82) is 0 Å². The van der Waals surface area contributed by atoms with Crippen LogP contribution in [-0.2, 0) is 6.42 Å². The molecule has 17 heavy (non-hydrogen) atoms. The summed E-state index contributed by atoms with van der Waals surface area (Å²) < 4.78 is 2.19. The number of benzene rings is 1. The molecule has 1 aromatic carbocycles. The second-order valence-electron chi connectivity index (χ2n) is 4.53. The number of aliphatic hydroxyl groups excluding tert-OH is 1. The molecule has 2 unspecified atom stereocenters. The number of nitrogens with one attached hydrogen (secondary N) is 1. The molecule has 0 bridgehead atoms. The SMILES string of the molecule is CCc1nc2ccccc2n1C1CNCC1O. The summed E-state index contributed by atoms with van der Waals surface area (Å²) in [6, 6.07) is 8.24. The standard InChI is InChI=1S/C13H17N3O/c1-2-13-15-9-5-3-4-6-10(9)16(13)11-7-14-8-12(11)17/h3-6,11-12,14,17H,2,7-8H2,1H3. The van der Waals surface area contributed by atoms with Gasteiger partial charge in [0.2, 0.25) is 0 Å². The molecule has 0 radical (unpaired) electrons. The van der Waals surface area contributed by atoms with Gasteiger partial charge in [0.25, 0.3) is 0 Å². The topological polar surface area (TPSA) is 50.1 Å². The molecule has 1 aromatic heterocycles. The molecule has 1 aliphatic heterocycles. The van der Waals surface area contributed by atoms with E-state index in [4.69, 9.17) is 0 Å². The average Bonchev–Trinajstić information content (AvgIpc) is 2.91. The second kappa shape index (κ2) is 4.13. The molecule has 1 fully saturated rings. The van der Waals surface area contributed by atoms with Crippen molar-refractivity contribution in [2.75, 3.05) is 13.1 Å². The van der Waals surface area contributed by atoms with Crippen molar-refractivity contribution in [3.63, 3.8) is 0 Å². The summed E-state index contributed by atoms with van der Waals surface area (Å²) in [4.78, 5) is 4.63. The van der Waals surface area contributed by atoms with Gasteiger partial charge >= 0.3 is 0 Å². The molecule has 1 aliphatic rings. The van der Waals surface area contributed by atoms with Gasteiger partial charge in [0.1, 0.15) is 5.82 Å². The van der Waals surface area contributed by atoms with E-state index in [1.807, 2.05) is 18.2 Å². The monoisotopic (exact) mass is 231 g/mol. The fraction of sp³-hybridized carbons (Fsp3) is 0.462. The molecule has 90 valence electrons. The third-order valence-electron chi connectivity index (χ3n) is 3.47. The predicted octanol–water partition coefficient (Wildman–Crippen LogP) is 1.10. The van der Waals surface area contributed by atoms with Crippen molar-refractivity contribution in [2.45, 2.75) is 25.5 Å². The Labute approximate surface area is 100 Å². The second-order valence-corrected chi connectivity index (χ2v) is 4.53. The Morgan fingerprint density at radius 1 is 1.41 bits per heavy atom. The van der Waals surface area contributed by atoms with Gasteiger partial charge in [-0.15, -0.1) is 0 Å². The quantitative estimate of drug-likeness (QED) is 0.814. The highest BCUT2D eigenvalue weighted by molar-refractivity contribution is 5.76. The summed E-state index contributed by atoms with van der Waals surface area (Å²) in [6.45, 7) is 3.58. The summed E-state index contributed by atoms with van der Waals surface area (Å²) in [5, 5.41) is 13.3. The van der Waals surface area contributed by atoms with Gasteiger partial charge in [-0.25, -0.2) is 4.98 Å². The smallest absolute Gasteiger partial charge is 0.109 e. The van der Waals surface area contributed by atoms with Crippen LogP contribution in [0.4, 0.5) is 0 Å². The molecule has 2 heterocycles. The van der Waals surface area contributed by atoms with Crippen molar-refractivity contribution >= 4 is 11.0 Å². The average molecular weight is 231 g/mol. The van der Waals surface area contributed by atoms with E-state index in [1.54, 1.807) is 0 Å². The van der Waals surface area contributed by atoms with Crippen LogP contribution in [0.1, 0.15) is 18.8 Å². The van der Waals surface area contributed by atoms with Gasteiger partial charge in [-0.1, -0.05) is 19.1 Å². The molecule has 2 N–H and O–H groups in total. The normalized spacial score (nSPS) is 24.6.